The van der Waals surface area contributed by atoms with Crippen LogP contribution >= 0.6 is 0 Å². The van der Waals surface area contributed by atoms with Crippen molar-refractivity contribution in [3.63, 3.8) is 0 Å². The molecule has 1 aromatic carbocycles. The number of aliphatic hydroxyl groups is 2. The van der Waals surface area contributed by atoms with Crippen molar-refractivity contribution in [1.82, 2.24) is 0 Å². The molecule has 96 valence electrons. The zero-order valence-electron chi connectivity index (χ0n) is 9.70. The van der Waals surface area contributed by atoms with Gasteiger partial charge >= 0.3 is 0 Å². The molecule has 0 amide bonds. The van der Waals surface area contributed by atoms with E-state index in [0.717, 1.165) is 6.07 Å². The molecule has 0 heterocycles. The predicted octanol–water partition coefficient (Wildman–Crippen LogP) is 0.793. The second-order valence-electron chi connectivity index (χ2n) is 3.90. The molecular formula is C11H13N3O4. The van der Waals surface area contributed by atoms with Gasteiger partial charge in [0.25, 0.3) is 5.69 Å². The standard InChI is InChI=1S/C11H13N3O4/c1-6-4-7(11(16)10(15)2-3-12)8(13)5-9(6)14(17)18/h4-5,10-11,15-16H,2,13H2,1H3. The number of aliphatic hydroxyl groups excluding tert-OH is 2. The summed E-state index contributed by atoms with van der Waals surface area (Å²) in [5.41, 5.74) is 5.97. The van der Waals surface area contributed by atoms with Crippen LogP contribution in [0.5, 0.6) is 0 Å². The van der Waals surface area contributed by atoms with Gasteiger partial charge in [0.1, 0.15) is 6.10 Å². The van der Waals surface area contributed by atoms with Crippen molar-refractivity contribution in [2.45, 2.75) is 25.6 Å². The van der Waals surface area contributed by atoms with Crippen molar-refractivity contribution in [1.29, 1.82) is 5.26 Å². The van der Waals surface area contributed by atoms with Gasteiger partial charge in [-0.15, -0.1) is 0 Å². The molecule has 1 aromatic rings. The lowest BCUT2D eigenvalue weighted by Gasteiger charge is -2.18. The number of nitriles is 1. The van der Waals surface area contributed by atoms with Gasteiger partial charge < -0.3 is 15.9 Å². The summed E-state index contributed by atoms with van der Waals surface area (Å²) in [6.07, 6.45) is -2.88. The molecule has 0 aliphatic rings. The minimum absolute atomic E-state index is 0.0109. The Morgan fingerprint density at radius 3 is 2.67 bits per heavy atom. The van der Waals surface area contributed by atoms with Gasteiger partial charge in [0.05, 0.1) is 23.5 Å². The Morgan fingerprint density at radius 1 is 1.56 bits per heavy atom. The minimum atomic E-state index is -1.34. The van der Waals surface area contributed by atoms with E-state index in [-0.39, 0.29) is 23.4 Å². The number of nitrogens with two attached hydrogens (primary N) is 1. The van der Waals surface area contributed by atoms with Crippen LogP contribution in [-0.4, -0.2) is 21.2 Å². The first kappa shape index (κ1) is 13.9. The van der Waals surface area contributed by atoms with Gasteiger partial charge in [0.2, 0.25) is 0 Å². The van der Waals surface area contributed by atoms with Gasteiger partial charge in [0, 0.05) is 22.9 Å². The summed E-state index contributed by atoms with van der Waals surface area (Å²) in [7, 11) is 0. The maximum absolute atomic E-state index is 10.7. The molecule has 0 aliphatic carbocycles. The Bertz CT molecular complexity index is 510. The fraction of sp³-hybridized carbons (Fsp3) is 0.364. The molecule has 0 radical (unpaired) electrons. The Morgan fingerprint density at radius 2 is 2.17 bits per heavy atom. The number of nitrogen functional groups attached to an aromatic ring is 1. The van der Waals surface area contributed by atoms with Crippen molar-refractivity contribution in [3.05, 3.63) is 33.4 Å². The van der Waals surface area contributed by atoms with E-state index in [0.29, 0.717) is 5.56 Å². The van der Waals surface area contributed by atoms with Crippen molar-refractivity contribution in [3.8, 4) is 6.07 Å². The third-order valence-corrected chi connectivity index (χ3v) is 2.58. The normalized spacial score (nSPS) is 13.7. The minimum Gasteiger partial charge on any atom is -0.398 e. The molecule has 2 unspecified atom stereocenters. The van der Waals surface area contributed by atoms with Gasteiger partial charge in [0.15, 0.2) is 0 Å². The van der Waals surface area contributed by atoms with E-state index in [1.54, 1.807) is 6.07 Å². The average Bonchev–Trinajstić information content (AvgIpc) is 2.30. The number of aryl methyl sites for hydroxylation is 1. The molecule has 0 bridgehead atoms. The molecule has 7 heteroatoms. The zero-order chi connectivity index (χ0) is 13.9. The van der Waals surface area contributed by atoms with Crippen LogP contribution in [0.4, 0.5) is 11.4 Å². The van der Waals surface area contributed by atoms with Crippen molar-refractivity contribution >= 4 is 11.4 Å². The molecule has 0 spiro atoms. The molecule has 7 nitrogen and oxygen atoms in total. The van der Waals surface area contributed by atoms with Crippen LogP contribution in [0.3, 0.4) is 0 Å². The van der Waals surface area contributed by atoms with Crippen molar-refractivity contribution < 1.29 is 15.1 Å². The molecule has 1 rings (SSSR count). The number of benzene rings is 1. The second kappa shape index (κ2) is 5.44. The molecule has 0 aliphatic heterocycles. The van der Waals surface area contributed by atoms with Crippen LogP contribution in [0.15, 0.2) is 12.1 Å². The molecular weight excluding hydrogens is 238 g/mol. The molecule has 0 aromatic heterocycles. The van der Waals surface area contributed by atoms with Crippen LogP contribution in [0.1, 0.15) is 23.7 Å². The average molecular weight is 251 g/mol. The molecule has 18 heavy (non-hydrogen) atoms. The van der Waals surface area contributed by atoms with Gasteiger partial charge in [-0.2, -0.15) is 5.26 Å². The SMILES string of the molecule is Cc1cc(C(O)C(O)CC#N)c(N)cc1[N+](=O)[O-]. The van der Waals surface area contributed by atoms with E-state index < -0.39 is 17.1 Å². The highest BCUT2D eigenvalue weighted by molar-refractivity contribution is 5.58. The second-order valence-corrected chi connectivity index (χ2v) is 3.90. The first-order valence-electron chi connectivity index (χ1n) is 5.16. The Labute approximate surface area is 103 Å². The number of nitro benzene ring substituents is 1. The van der Waals surface area contributed by atoms with Gasteiger partial charge in [-0.05, 0) is 13.0 Å². The number of hydrogen-bond donors (Lipinski definition) is 3. The van der Waals surface area contributed by atoms with E-state index >= 15 is 0 Å². The van der Waals surface area contributed by atoms with Crippen molar-refractivity contribution in [2.24, 2.45) is 0 Å². The molecule has 0 saturated carbocycles. The largest absolute Gasteiger partial charge is 0.398 e. The van der Waals surface area contributed by atoms with Crippen molar-refractivity contribution in [2.75, 3.05) is 5.73 Å². The number of anilines is 1. The smallest absolute Gasteiger partial charge is 0.274 e. The lowest BCUT2D eigenvalue weighted by atomic mass is 9.98. The quantitative estimate of drug-likeness (QED) is 0.411. The lowest BCUT2D eigenvalue weighted by Crippen LogP contribution is -2.19. The van der Waals surface area contributed by atoms with Crippen LogP contribution in [-0.2, 0) is 0 Å². The number of nitrogens with zero attached hydrogens (tertiary/aromatic N) is 2. The highest BCUT2D eigenvalue weighted by atomic mass is 16.6. The van der Waals surface area contributed by atoms with E-state index in [1.165, 1.54) is 13.0 Å². The van der Waals surface area contributed by atoms with Gasteiger partial charge in [-0.3, -0.25) is 10.1 Å². The summed E-state index contributed by atoms with van der Waals surface area (Å²) in [4.78, 5) is 10.1. The van der Waals surface area contributed by atoms with Crippen LogP contribution in [0.2, 0.25) is 0 Å². The highest BCUT2D eigenvalue weighted by Crippen LogP contribution is 2.30. The summed E-state index contributed by atoms with van der Waals surface area (Å²) >= 11 is 0. The summed E-state index contributed by atoms with van der Waals surface area (Å²) < 4.78 is 0. The van der Waals surface area contributed by atoms with E-state index in [9.17, 15) is 20.3 Å². The lowest BCUT2D eigenvalue weighted by molar-refractivity contribution is -0.385. The Kier molecular flexibility index (Phi) is 4.20. The van der Waals surface area contributed by atoms with E-state index in [1.807, 2.05) is 0 Å². The Hall–Kier alpha value is -2.17. The predicted molar refractivity (Wildman–Crippen MR) is 63.4 cm³/mol. The first-order valence-corrected chi connectivity index (χ1v) is 5.16. The number of rotatable bonds is 4. The molecule has 2 atom stereocenters. The third-order valence-electron chi connectivity index (χ3n) is 2.58. The molecule has 0 saturated heterocycles. The molecule has 4 N–H and O–H groups in total. The van der Waals surface area contributed by atoms with E-state index in [2.05, 4.69) is 0 Å². The summed E-state index contributed by atoms with van der Waals surface area (Å²) in [6, 6.07) is 4.20. The van der Waals surface area contributed by atoms with Gasteiger partial charge in [-0.25, -0.2) is 0 Å². The monoisotopic (exact) mass is 251 g/mol. The van der Waals surface area contributed by atoms with Crippen LogP contribution < -0.4 is 5.73 Å². The maximum Gasteiger partial charge on any atom is 0.274 e. The first-order chi connectivity index (χ1) is 8.38. The van der Waals surface area contributed by atoms with E-state index in [4.69, 9.17) is 11.0 Å². The number of nitro groups is 1. The maximum atomic E-state index is 10.7. The fourth-order valence-corrected chi connectivity index (χ4v) is 1.60. The van der Waals surface area contributed by atoms with Crippen LogP contribution in [0, 0.1) is 28.4 Å². The topological polar surface area (TPSA) is 133 Å². The van der Waals surface area contributed by atoms with Gasteiger partial charge in [-0.1, -0.05) is 0 Å². The Balaban J connectivity index is 3.16. The summed E-state index contributed by atoms with van der Waals surface area (Å²) in [5.74, 6) is 0. The third kappa shape index (κ3) is 2.74. The summed E-state index contributed by atoms with van der Waals surface area (Å²) in [5, 5.41) is 38.4. The number of hydrogen-bond acceptors (Lipinski definition) is 6. The summed E-state index contributed by atoms with van der Waals surface area (Å²) in [6.45, 7) is 1.50. The zero-order valence-corrected chi connectivity index (χ0v) is 9.70. The fourth-order valence-electron chi connectivity index (χ4n) is 1.60. The molecule has 0 fully saturated rings. The van der Waals surface area contributed by atoms with Crippen LogP contribution in [0.25, 0.3) is 0 Å². The highest BCUT2D eigenvalue weighted by Gasteiger charge is 2.23.